The van der Waals surface area contributed by atoms with Gasteiger partial charge in [0.1, 0.15) is 23.4 Å². The highest BCUT2D eigenvalue weighted by Crippen LogP contribution is 2.14. The Morgan fingerprint density at radius 1 is 0.639 bits per heavy atom. The Bertz CT molecular complexity index is 738. The molecule has 0 saturated carbocycles. The minimum atomic E-state index is -0.790. The van der Waals surface area contributed by atoms with E-state index in [1.54, 1.807) is 62.3 Å². The fraction of sp³-hybridized carbons (Fsp3) is 0.808. The molecular weight excluding hydrogens is 470 g/mol. The van der Waals surface area contributed by atoms with Crippen LogP contribution in [0.1, 0.15) is 94.9 Å². The van der Waals surface area contributed by atoms with Gasteiger partial charge in [-0.3, -0.25) is 24.0 Å². The molecule has 10 nitrogen and oxygen atoms in total. The van der Waals surface area contributed by atoms with Crippen molar-refractivity contribution in [1.82, 2.24) is 4.90 Å². The van der Waals surface area contributed by atoms with Crippen LogP contribution in [0.3, 0.4) is 0 Å². The lowest BCUT2D eigenvalue weighted by Gasteiger charge is -2.26. The molecule has 0 rings (SSSR count). The van der Waals surface area contributed by atoms with E-state index in [1.165, 1.54) is 11.8 Å². The van der Waals surface area contributed by atoms with E-state index in [1.807, 2.05) is 0 Å². The van der Waals surface area contributed by atoms with Crippen LogP contribution < -0.4 is 0 Å². The zero-order valence-electron chi connectivity index (χ0n) is 23.6. The molecule has 10 heteroatoms. The lowest BCUT2D eigenvalue weighted by Crippen LogP contribution is -2.38. The molecule has 1 atom stereocenters. The first-order chi connectivity index (χ1) is 16.2. The highest BCUT2D eigenvalue weighted by Gasteiger charge is 2.26. The van der Waals surface area contributed by atoms with Gasteiger partial charge in [-0.2, -0.15) is 0 Å². The maximum atomic E-state index is 12.9. The second-order valence-electron chi connectivity index (χ2n) is 11.7. The minimum absolute atomic E-state index is 0.0248. The Kier molecular flexibility index (Phi) is 13.1. The summed E-state index contributed by atoms with van der Waals surface area (Å²) in [4.78, 5) is 62.6. The van der Waals surface area contributed by atoms with Gasteiger partial charge in [-0.15, -0.1) is 0 Å². The van der Waals surface area contributed by atoms with Gasteiger partial charge in [0.2, 0.25) is 5.91 Å². The molecule has 0 aromatic carbocycles. The van der Waals surface area contributed by atoms with Crippen LogP contribution >= 0.6 is 0 Å². The van der Waals surface area contributed by atoms with E-state index < -0.39 is 52.5 Å². The van der Waals surface area contributed by atoms with Crippen molar-refractivity contribution < 1.29 is 42.9 Å². The molecule has 36 heavy (non-hydrogen) atoms. The average Bonchev–Trinajstić information content (AvgIpc) is 2.63. The first kappa shape index (κ1) is 33.4. The van der Waals surface area contributed by atoms with Crippen LogP contribution in [0, 0.1) is 5.92 Å². The van der Waals surface area contributed by atoms with Gasteiger partial charge in [0.05, 0.1) is 25.2 Å². The maximum Gasteiger partial charge on any atom is 0.309 e. The first-order valence-electron chi connectivity index (χ1n) is 12.3. The van der Waals surface area contributed by atoms with Crippen LogP contribution in [0.15, 0.2) is 0 Å². The SMILES string of the molecule is CC(CC(=O)N(CCC(=O)OC(C)(C)C)CCC(=O)OC(C)(C)C)C(=O)OCCC(=O)OC(C)(C)C. The van der Waals surface area contributed by atoms with E-state index >= 15 is 0 Å². The molecule has 0 spiro atoms. The third-order valence-electron chi connectivity index (χ3n) is 4.22. The molecule has 0 aromatic heterocycles. The molecule has 0 N–H and O–H groups in total. The molecular formula is C26H45NO9. The number of amides is 1. The van der Waals surface area contributed by atoms with Crippen molar-refractivity contribution in [1.29, 1.82) is 0 Å². The molecule has 0 aromatic rings. The maximum absolute atomic E-state index is 12.9. The van der Waals surface area contributed by atoms with Gasteiger partial charge in [-0.1, -0.05) is 6.92 Å². The van der Waals surface area contributed by atoms with Crippen LogP contribution in [0.2, 0.25) is 0 Å². The highest BCUT2D eigenvalue weighted by atomic mass is 16.6. The van der Waals surface area contributed by atoms with Crippen LogP contribution in [0.5, 0.6) is 0 Å². The molecule has 0 aliphatic rings. The van der Waals surface area contributed by atoms with Gasteiger partial charge in [-0.25, -0.2) is 0 Å². The number of esters is 4. The summed E-state index contributed by atoms with van der Waals surface area (Å²) in [6.45, 7) is 17.1. The molecule has 0 aliphatic carbocycles. The molecule has 0 heterocycles. The lowest BCUT2D eigenvalue weighted by atomic mass is 10.1. The lowest BCUT2D eigenvalue weighted by molar-refractivity contribution is -0.161. The molecule has 0 radical (unpaired) electrons. The fourth-order valence-electron chi connectivity index (χ4n) is 2.84. The Hall–Kier alpha value is -2.65. The number of carbonyl (C=O) groups excluding carboxylic acids is 5. The third-order valence-corrected chi connectivity index (χ3v) is 4.22. The summed E-state index contributed by atoms with van der Waals surface area (Å²) < 4.78 is 20.9. The summed E-state index contributed by atoms with van der Waals surface area (Å²) in [5.41, 5.74) is -1.97. The van der Waals surface area contributed by atoms with Crippen LogP contribution in [0.25, 0.3) is 0 Å². The summed E-state index contributed by atoms with van der Waals surface area (Å²) in [7, 11) is 0. The number of nitrogens with zero attached hydrogens (tertiary/aromatic N) is 1. The average molecular weight is 516 g/mol. The number of carbonyl (C=O) groups is 5. The summed E-state index contributed by atoms with van der Waals surface area (Å²) in [5.74, 6) is -3.29. The zero-order chi connectivity index (χ0) is 28.3. The Morgan fingerprint density at radius 3 is 1.36 bits per heavy atom. The van der Waals surface area contributed by atoms with Crippen molar-refractivity contribution in [3.05, 3.63) is 0 Å². The number of hydrogen-bond acceptors (Lipinski definition) is 9. The topological polar surface area (TPSA) is 126 Å². The molecule has 0 aliphatic heterocycles. The molecule has 0 fully saturated rings. The second-order valence-corrected chi connectivity index (χ2v) is 11.7. The highest BCUT2D eigenvalue weighted by molar-refractivity contribution is 5.84. The monoisotopic (exact) mass is 515 g/mol. The van der Waals surface area contributed by atoms with E-state index in [9.17, 15) is 24.0 Å². The van der Waals surface area contributed by atoms with Crippen molar-refractivity contribution in [2.75, 3.05) is 19.7 Å². The van der Waals surface area contributed by atoms with Gasteiger partial charge >= 0.3 is 23.9 Å². The largest absolute Gasteiger partial charge is 0.465 e. The fourth-order valence-corrected chi connectivity index (χ4v) is 2.84. The van der Waals surface area contributed by atoms with E-state index in [-0.39, 0.29) is 45.4 Å². The first-order valence-corrected chi connectivity index (χ1v) is 12.3. The quantitative estimate of drug-likeness (QED) is 0.283. The molecule has 0 saturated heterocycles. The van der Waals surface area contributed by atoms with E-state index in [0.717, 1.165) is 0 Å². The van der Waals surface area contributed by atoms with Gasteiger partial charge in [0, 0.05) is 19.5 Å². The molecule has 0 bridgehead atoms. The van der Waals surface area contributed by atoms with Gasteiger partial charge < -0.3 is 23.8 Å². The van der Waals surface area contributed by atoms with Crippen LogP contribution in [-0.4, -0.2) is 71.2 Å². The van der Waals surface area contributed by atoms with Crippen molar-refractivity contribution in [3.8, 4) is 0 Å². The summed E-state index contributed by atoms with van der Waals surface area (Å²) >= 11 is 0. The van der Waals surface area contributed by atoms with Crippen molar-refractivity contribution in [3.63, 3.8) is 0 Å². The normalized spacial score (nSPS) is 12.8. The molecule has 208 valence electrons. The number of ether oxygens (including phenoxy) is 4. The van der Waals surface area contributed by atoms with Crippen molar-refractivity contribution >= 4 is 29.8 Å². The van der Waals surface area contributed by atoms with Crippen molar-refractivity contribution in [2.24, 2.45) is 5.92 Å². The van der Waals surface area contributed by atoms with Crippen LogP contribution in [-0.2, 0) is 42.9 Å². The predicted octanol–water partition coefficient (Wildman–Crippen LogP) is 3.58. The molecule has 1 amide bonds. The van der Waals surface area contributed by atoms with E-state index in [2.05, 4.69) is 0 Å². The minimum Gasteiger partial charge on any atom is -0.465 e. The summed E-state index contributed by atoms with van der Waals surface area (Å²) in [6, 6.07) is 0. The van der Waals surface area contributed by atoms with Crippen LogP contribution in [0.4, 0.5) is 0 Å². The third kappa shape index (κ3) is 17.7. The van der Waals surface area contributed by atoms with E-state index in [0.29, 0.717) is 0 Å². The summed E-state index contributed by atoms with van der Waals surface area (Å²) in [6.07, 6.45) is -0.409. The standard InChI is InChI=1S/C26H45NO9/c1-18(23(32)33-16-13-22(31)36-26(8,9)10)17-19(28)27(14-11-20(29)34-24(2,3)4)15-12-21(30)35-25(5,6)7/h18H,11-17H2,1-10H3. The Balaban J connectivity index is 4.98. The van der Waals surface area contributed by atoms with Gasteiger partial charge in [0.15, 0.2) is 0 Å². The van der Waals surface area contributed by atoms with Gasteiger partial charge in [-0.05, 0) is 62.3 Å². The molecule has 1 unspecified atom stereocenters. The van der Waals surface area contributed by atoms with E-state index in [4.69, 9.17) is 18.9 Å². The zero-order valence-corrected chi connectivity index (χ0v) is 23.6. The predicted molar refractivity (Wildman–Crippen MR) is 133 cm³/mol. The Morgan fingerprint density at radius 2 is 1.00 bits per heavy atom. The number of hydrogen-bond donors (Lipinski definition) is 0. The number of rotatable bonds is 12. The Labute approximate surface area is 215 Å². The smallest absolute Gasteiger partial charge is 0.309 e. The van der Waals surface area contributed by atoms with Gasteiger partial charge in [0.25, 0.3) is 0 Å². The van der Waals surface area contributed by atoms with Crippen molar-refractivity contribution in [2.45, 2.75) is 112 Å². The summed E-state index contributed by atoms with van der Waals surface area (Å²) in [5, 5.41) is 0. The second kappa shape index (κ2) is 14.2.